The van der Waals surface area contributed by atoms with Crippen molar-refractivity contribution >= 4 is 29.4 Å². The Kier molecular flexibility index (Phi) is 3.36. The van der Waals surface area contributed by atoms with Crippen LogP contribution in [0.15, 0.2) is 29.3 Å². The highest BCUT2D eigenvalue weighted by atomic mass is 32.2. The van der Waals surface area contributed by atoms with Gasteiger partial charge in [-0.15, -0.1) is 23.1 Å². The van der Waals surface area contributed by atoms with Crippen molar-refractivity contribution in [2.24, 2.45) is 0 Å². The summed E-state index contributed by atoms with van der Waals surface area (Å²) in [7, 11) is 0. The summed E-state index contributed by atoms with van der Waals surface area (Å²) < 4.78 is 13.5. The van der Waals surface area contributed by atoms with E-state index in [0.717, 1.165) is 6.29 Å². The maximum atomic E-state index is 13.5. The van der Waals surface area contributed by atoms with Crippen molar-refractivity contribution in [2.75, 3.05) is 6.26 Å². The molecule has 82 valence electrons. The predicted molar refractivity (Wildman–Crippen MR) is 64.7 cm³/mol. The van der Waals surface area contributed by atoms with Crippen LogP contribution in [0.3, 0.4) is 0 Å². The van der Waals surface area contributed by atoms with Crippen LogP contribution in [0.4, 0.5) is 4.39 Å². The minimum absolute atomic E-state index is 0.257. The lowest BCUT2D eigenvalue weighted by Gasteiger charge is -2.00. The molecule has 1 heterocycles. The molecule has 2 aromatic rings. The molecule has 0 amide bonds. The summed E-state index contributed by atoms with van der Waals surface area (Å²) in [5.74, 6) is -0.257. The summed E-state index contributed by atoms with van der Waals surface area (Å²) in [6.45, 7) is 0. The van der Waals surface area contributed by atoms with Gasteiger partial charge in [0.15, 0.2) is 6.29 Å². The first-order valence-corrected chi connectivity index (χ1v) is 6.53. The number of aromatic nitrogens is 1. The van der Waals surface area contributed by atoms with E-state index in [1.165, 1.54) is 35.4 Å². The molecule has 0 radical (unpaired) electrons. The maximum absolute atomic E-state index is 13.5. The fourth-order valence-corrected chi connectivity index (χ4v) is 2.46. The summed E-state index contributed by atoms with van der Waals surface area (Å²) in [5.41, 5.74) is 0.702. The van der Waals surface area contributed by atoms with Crippen molar-refractivity contribution in [3.8, 4) is 10.6 Å². The lowest BCUT2D eigenvalue weighted by atomic mass is 10.2. The van der Waals surface area contributed by atoms with Crippen LogP contribution < -0.4 is 0 Å². The maximum Gasteiger partial charge on any atom is 0.161 e. The van der Waals surface area contributed by atoms with Crippen LogP contribution in [-0.4, -0.2) is 17.5 Å². The van der Waals surface area contributed by atoms with Gasteiger partial charge in [0.25, 0.3) is 0 Å². The quantitative estimate of drug-likeness (QED) is 0.619. The number of carbonyl (C=O) groups is 1. The number of nitrogens with zero attached hydrogens (tertiary/aromatic N) is 1. The van der Waals surface area contributed by atoms with E-state index < -0.39 is 0 Å². The Morgan fingerprint density at radius 2 is 2.31 bits per heavy atom. The van der Waals surface area contributed by atoms with E-state index in [9.17, 15) is 9.18 Å². The third-order valence-corrected chi connectivity index (χ3v) is 3.78. The van der Waals surface area contributed by atoms with Crippen molar-refractivity contribution in [3.63, 3.8) is 0 Å². The SMILES string of the molecule is CSc1ccc(-c2ncc(C=O)s2)cc1F. The molecule has 0 bridgehead atoms. The molecule has 0 aliphatic heterocycles. The standard InChI is InChI=1S/C11H8FNOS2/c1-15-10-3-2-7(4-9(10)12)11-13-5-8(6-14)16-11/h2-6H,1H3. The minimum atomic E-state index is -0.257. The van der Waals surface area contributed by atoms with Gasteiger partial charge in [0.1, 0.15) is 10.8 Å². The molecule has 0 saturated carbocycles. The number of halogens is 1. The highest BCUT2D eigenvalue weighted by Gasteiger charge is 2.07. The van der Waals surface area contributed by atoms with Gasteiger partial charge in [-0.1, -0.05) is 6.07 Å². The lowest BCUT2D eigenvalue weighted by molar-refractivity contribution is 0.112. The Morgan fingerprint density at radius 3 is 2.88 bits per heavy atom. The van der Waals surface area contributed by atoms with Crippen LogP contribution in [0.5, 0.6) is 0 Å². The van der Waals surface area contributed by atoms with Crippen LogP contribution >= 0.6 is 23.1 Å². The van der Waals surface area contributed by atoms with Crippen LogP contribution in [0.2, 0.25) is 0 Å². The summed E-state index contributed by atoms with van der Waals surface area (Å²) >= 11 is 2.62. The van der Waals surface area contributed by atoms with Crippen molar-refractivity contribution in [1.82, 2.24) is 4.98 Å². The zero-order chi connectivity index (χ0) is 11.5. The van der Waals surface area contributed by atoms with E-state index in [-0.39, 0.29) is 5.82 Å². The molecule has 0 spiro atoms. The van der Waals surface area contributed by atoms with Crippen LogP contribution in [0.25, 0.3) is 10.6 Å². The molecule has 0 fully saturated rings. The normalized spacial score (nSPS) is 10.4. The zero-order valence-electron chi connectivity index (χ0n) is 8.44. The van der Waals surface area contributed by atoms with Crippen molar-refractivity contribution in [2.45, 2.75) is 4.90 Å². The third kappa shape index (κ3) is 2.15. The molecule has 0 aliphatic rings. The Labute approximate surface area is 101 Å². The van der Waals surface area contributed by atoms with E-state index in [1.807, 2.05) is 12.3 Å². The van der Waals surface area contributed by atoms with Crippen LogP contribution in [-0.2, 0) is 0 Å². The van der Waals surface area contributed by atoms with E-state index in [2.05, 4.69) is 4.98 Å². The summed E-state index contributed by atoms with van der Waals surface area (Å²) in [6.07, 6.45) is 4.06. The largest absolute Gasteiger partial charge is 0.297 e. The second kappa shape index (κ2) is 4.76. The second-order valence-electron chi connectivity index (χ2n) is 3.03. The number of benzene rings is 1. The molecule has 0 N–H and O–H groups in total. The van der Waals surface area contributed by atoms with Crippen LogP contribution in [0.1, 0.15) is 9.67 Å². The Hall–Kier alpha value is -1.20. The van der Waals surface area contributed by atoms with Crippen LogP contribution in [0, 0.1) is 5.82 Å². The van der Waals surface area contributed by atoms with E-state index in [4.69, 9.17) is 0 Å². The first kappa shape index (κ1) is 11.3. The molecule has 16 heavy (non-hydrogen) atoms. The van der Waals surface area contributed by atoms with Gasteiger partial charge in [0.2, 0.25) is 0 Å². The molecule has 0 atom stereocenters. The average molecular weight is 253 g/mol. The highest BCUT2D eigenvalue weighted by molar-refractivity contribution is 7.98. The first-order chi connectivity index (χ1) is 7.74. The minimum Gasteiger partial charge on any atom is -0.297 e. The average Bonchev–Trinajstić information content (AvgIpc) is 2.77. The number of hydrogen-bond donors (Lipinski definition) is 0. The molecular weight excluding hydrogens is 245 g/mol. The zero-order valence-corrected chi connectivity index (χ0v) is 10.1. The molecule has 1 aromatic carbocycles. The molecule has 2 rings (SSSR count). The Balaban J connectivity index is 2.40. The number of aldehydes is 1. The Bertz CT molecular complexity index is 524. The highest BCUT2D eigenvalue weighted by Crippen LogP contribution is 2.28. The van der Waals surface area contributed by atoms with Gasteiger partial charge >= 0.3 is 0 Å². The monoisotopic (exact) mass is 253 g/mol. The van der Waals surface area contributed by atoms with Crippen molar-refractivity contribution < 1.29 is 9.18 Å². The smallest absolute Gasteiger partial charge is 0.161 e. The molecule has 2 nitrogen and oxygen atoms in total. The summed E-state index contributed by atoms with van der Waals surface area (Å²) in [4.78, 5) is 15.7. The van der Waals surface area contributed by atoms with E-state index in [0.29, 0.717) is 20.3 Å². The number of hydrogen-bond acceptors (Lipinski definition) is 4. The molecule has 0 aliphatic carbocycles. The lowest BCUT2D eigenvalue weighted by Crippen LogP contribution is -1.82. The number of rotatable bonds is 3. The fourth-order valence-electron chi connectivity index (χ4n) is 1.27. The third-order valence-electron chi connectivity index (χ3n) is 2.04. The van der Waals surface area contributed by atoms with Gasteiger partial charge in [-0.25, -0.2) is 9.37 Å². The summed E-state index contributed by atoms with van der Waals surface area (Å²) in [5, 5.41) is 0.661. The van der Waals surface area contributed by atoms with Gasteiger partial charge in [-0.3, -0.25) is 4.79 Å². The molecular formula is C11H8FNOS2. The topological polar surface area (TPSA) is 30.0 Å². The number of thioether (sulfide) groups is 1. The predicted octanol–water partition coefficient (Wildman–Crippen LogP) is 3.48. The second-order valence-corrected chi connectivity index (χ2v) is 4.95. The molecule has 5 heteroatoms. The fraction of sp³-hybridized carbons (Fsp3) is 0.0909. The van der Waals surface area contributed by atoms with Crippen molar-refractivity contribution in [1.29, 1.82) is 0 Å². The number of carbonyl (C=O) groups excluding carboxylic acids is 1. The number of thiazole rings is 1. The van der Waals surface area contributed by atoms with Gasteiger partial charge in [0.05, 0.1) is 4.88 Å². The van der Waals surface area contributed by atoms with Gasteiger partial charge in [-0.2, -0.15) is 0 Å². The first-order valence-electron chi connectivity index (χ1n) is 4.49. The van der Waals surface area contributed by atoms with Crippen molar-refractivity contribution in [3.05, 3.63) is 35.1 Å². The van der Waals surface area contributed by atoms with E-state index in [1.54, 1.807) is 6.07 Å². The molecule has 0 unspecified atom stereocenters. The summed E-state index contributed by atoms with van der Waals surface area (Å²) in [6, 6.07) is 4.97. The van der Waals surface area contributed by atoms with Gasteiger partial charge < -0.3 is 0 Å². The Morgan fingerprint density at radius 1 is 1.50 bits per heavy atom. The van der Waals surface area contributed by atoms with E-state index >= 15 is 0 Å². The molecule has 1 aromatic heterocycles. The van der Waals surface area contributed by atoms with Gasteiger partial charge in [0, 0.05) is 16.7 Å². The molecule has 0 saturated heterocycles. The van der Waals surface area contributed by atoms with Gasteiger partial charge in [-0.05, 0) is 18.4 Å².